The number of piperazine rings is 1. The summed E-state index contributed by atoms with van der Waals surface area (Å²) < 4.78 is 5.76. The summed E-state index contributed by atoms with van der Waals surface area (Å²) in [4.78, 5) is 29.0. The lowest BCUT2D eigenvalue weighted by Crippen LogP contribution is -2.57. The number of nitrogens with zero attached hydrogens (tertiary/aromatic N) is 2. The molecule has 0 spiro atoms. The van der Waals surface area contributed by atoms with E-state index in [2.05, 4.69) is 0 Å². The Balaban J connectivity index is 1.54. The Morgan fingerprint density at radius 2 is 1.67 bits per heavy atom. The van der Waals surface area contributed by atoms with Crippen LogP contribution < -0.4 is 0 Å². The quantitative estimate of drug-likeness (QED) is 0.817. The third-order valence-electron chi connectivity index (χ3n) is 4.91. The molecule has 142 valence electrons. The predicted molar refractivity (Wildman–Crippen MR) is 104 cm³/mol. The van der Waals surface area contributed by atoms with Crippen molar-refractivity contribution in [2.75, 3.05) is 19.6 Å². The molecular weight excluding hydrogens is 340 g/mol. The SMILES string of the molecule is C[C@@H]1CN(C(=O)c2ccccc2)CCN1C(=O)[C@@H](C)OCc1ccccc1. The lowest BCUT2D eigenvalue weighted by atomic mass is 10.1. The van der Waals surface area contributed by atoms with Gasteiger partial charge in [0.25, 0.3) is 11.8 Å². The summed E-state index contributed by atoms with van der Waals surface area (Å²) in [6, 6.07) is 19.1. The number of carbonyl (C=O) groups excluding carboxylic acids is 2. The molecule has 27 heavy (non-hydrogen) atoms. The summed E-state index contributed by atoms with van der Waals surface area (Å²) in [5, 5.41) is 0. The van der Waals surface area contributed by atoms with Gasteiger partial charge in [0.1, 0.15) is 6.10 Å². The highest BCUT2D eigenvalue weighted by Gasteiger charge is 2.32. The zero-order valence-corrected chi connectivity index (χ0v) is 15.9. The molecule has 1 fully saturated rings. The molecule has 0 N–H and O–H groups in total. The van der Waals surface area contributed by atoms with Crippen molar-refractivity contribution in [1.29, 1.82) is 0 Å². The van der Waals surface area contributed by atoms with Crippen molar-refractivity contribution in [1.82, 2.24) is 9.80 Å². The van der Waals surface area contributed by atoms with E-state index in [1.807, 2.05) is 77.4 Å². The van der Waals surface area contributed by atoms with Crippen LogP contribution in [-0.4, -0.2) is 53.4 Å². The first-order chi connectivity index (χ1) is 13.1. The number of carbonyl (C=O) groups is 2. The molecule has 0 aromatic heterocycles. The van der Waals surface area contributed by atoms with Gasteiger partial charge in [-0.05, 0) is 31.5 Å². The fourth-order valence-corrected chi connectivity index (χ4v) is 3.33. The fraction of sp³-hybridized carbons (Fsp3) is 0.364. The van der Waals surface area contributed by atoms with Crippen molar-refractivity contribution in [3.05, 3.63) is 71.8 Å². The molecule has 2 amide bonds. The number of ether oxygens (including phenoxy) is 1. The Kier molecular flexibility index (Phi) is 6.24. The fourth-order valence-electron chi connectivity index (χ4n) is 3.33. The molecule has 0 bridgehead atoms. The third kappa shape index (κ3) is 4.74. The predicted octanol–water partition coefficient (Wildman–Crippen LogP) is 2.96. The van der Waals surface area contributed by atoms with Gasteiger partial charge < -0.3 is 14.5 Å². The van der Waals surface area contributed by atoms with Crippen LogP contribution in [0.5, 0.6) is 0 Å². The molecule has 5 heteroatoms. The van der Waals surface area contributed by atoms with E-state index in [1.165, 1.54) is 0 Å². The second-order valence-corrected chi connectivity index (χ2v) is 6.94. The Morgan fingerprint density at radius 1 is 1.04 bits per heavy atom. The lowest BCUT2D eigenvalue weighted by molar-refractivity contribution is -0.147. The molecule has 0 saturated carbocycles. The van der Waals surface area contributed by atoms with Gasteiger partial charge in [-0.1, -0.05) is 48.5 Å². The minimum Gasteiger partial charge on any atom is -0.364 e. The van der Waals surface area contributed by atoms with Crippen molar-refractivity contribution >= 4 is 11.8 Å². The van der Waals surface area contributed by atoms with E-state index >= 15 is 0 Å². The average molecular weight is 366 g/mol. The zero-order chi connectivity index (χ0) is 19.2. The molecular formula is C22H26N2O3. The van der Waals surface area contributed by atoms with E-state index in [9.17, 15) is 9.59 Å². The molecule has 0 radical (unpaired) electrons. The van der Waals surface area contributed by atoms with Crippen LogP contribution in [0, 0.1) is 0 Å². The smallest absolute Gasteiger partial charge is 0.253 e. The van der Waals surface area contributed by atoms with Crippen molar-refractivity contribution < 1.29 is 14.3 Å². The minimum atomic E-state index is -0.510. The van der Waals surface area contributed by atoms with Crippen molar-refractivity contribution in [3.8, 4) is 0 Å². The van der Waals surface area contributed by atoms with E-state index in [4.69, 9.17) is 4.74 Å². The van der Waals surface area contributed by atoms with Gasteiger partial charge in [-0.25, -0.2) is 0 Å². The van der Waals surface area contributed by atoms with E-state index in [0.717, 1.165) is 5.56 Å². The Labute approximate surface area is 160 Å². The van der Waals surface area contributed by atoms with E-state index in [0.29, 0.717) is 31.8 Å². The molecule has 5 nitrogen and oxygen atoms in total. The highest BCUT2D eigenvalue weighted by atomic mass is 16.5. The standard InChI is InChI=1S/C22H26N2O3/c1-17-15-23(22(26)20-11-7-4-8-12-20)13-14-24(17)21(25)18(2)27-16-19-9-5-3-6-10-19/h3-12,17-18H,13-16H2,1-2H3/t17-,18-/m1/s1. The molecule has 0 unspecified atom stereocenters. The third-order valence-corrected chi connectivity index (χ3v) is 4.91. The molecule has 3 rings (SSSR count). The Hall–Kier alpha value is -2.66. The number of hydrogen-bond donors (Lipinski definition) is 0. The van der Waals surface area contributed by atoms with E-state index < -0.39 is 6.10 Å². The van der Waals surface area contributed by atoms with E-state index in [-0.39, 0.29) is 17.9 Å². The summed E-state index contributed by atoms with van der Waals surface area (Å²) in [5.41, 5.74) is 1.73. The molecule has 0 aliphatic carbocycles. The monoisotopic (exact) mass is 366 g/mol. The maximum atomic E-state index is 12.8. The van der Waals surface area contributed by atoms with Crippen LogP contribution in [0.25, 0.3) is 0 Å². The number of rotatable bonds is 5. The maximum Gasteiger partial charge on any atom is 0.253 e. The summed E-state index contributed by atoms with van der Waals surface area (Å²) in [5.74, 6) is -0.00633. The molecule has 1 saturated heterocycles. The Morgan fingerprint density at radius 3 is 2.30 bits per heavy atom. The van der Waals surface area contributed by atoms with Gasteiger partial charge in [0.05, 0.1) is 6.61 Å². The summed E-state index contributed by atoms with van der Waals surface area (Å²) in [6.07, 6.45) is -0.510. The number of hydrogen-bond acceptors (Lipinski definition) is 3. The molecule has 1 aliphatic heterocycles. The summed E-state index contributed by atoms with van der Waals surface area (Å²) in [7, 11) is 0. The number of amides is 2. The zero-order valence-electron chi connectivity index (χ0n) is 15.9. The summed E-state index contributed by atoms with van der Waals surface area (Å²) >= 11 is 0. The van der Waals surface area contributed by atoms with Crippen molar-refractivity contribution in [2.45, 2.75) is 32.6 Å². The molecule has 2 aromatic carbocycles. The van der Waals surface area contributed by atoms with Gasteiger partial charge >= 0.3 is 0 Å². The molecule has 2 atom stereocenters. The highest BCUT2D eigenvalue weighted by molar-refractivity contribution is 5.94. The lowest BCUT2D eigenvalue weighted by Gasteiger charge is -2.40. The molecule has 2 aromatic rings. The average Bonchev–Trinajstić information content (AvgIpc) is 2.72. The Bertz CT molecular complexity index is 764. The minimum absolute atomic E-state index is 0.0166. The van der Waals surface area contributed by atoms with Crippen LogP contribution in [0.1, 0.15) is 29.8 Å². The van der Waals surface area contributed by atoms with Crippen LogP contribution in [0.15, 0.2) is 60.7 Å². The van der Waals surface area contributed by atoms with Crippen LogP contribution in [0.2, 0.25) is 0 Å². The van der Waals surface area contributed by atoms with Gasteiger partial charge in [0.15, 0.2) is 0 Å². The first kappa shape index (κ1) is 19.1. The van der Waals surface area contributed by atoms with Gasteiger partial charge in [-0.3, -0.25) is 9.59 Å². The van der Waals surface area contributed by atoms with Crippen LogP contribution in [0.3, 0.4) is 0 Å². The first-order valence-corrected chi connectivity index (χ1v) is 9.36. The van der Waals surface area contributed by atoms with Gasteiger partial charge in [0.2, 0.25) is 0 Å². The van der Waals surface area contributed by atoms with Crippen LogP contribution >= 0.6 is 0 Å². The van der Waals surface area contributed by atoms with Gasteiger partial charge in [-0.2, -0.15) is 0 Å². The first-order valence-electron chi connectivity index (χ1n) is 9.36. The van der Waals surface area contributed by atoms with Gasteiger partial charge in [0, 0.05) is 31.2 Å². The largest absolute Gasteiger partial charge is 0.364 e. The highest BCUT2D eigenvalue weighted by Crippen LogP contribution is 2.16. The molecule has 1 heterocycles. The summed E-state index contributed by atoms with van der Waals surface area (Å²) in [6.45, 7) is 5.78. The van der Waals surface area contributed by atoms with Crippen LogP contribution in [-0.2, 0) is 16.1 Å². The van der Waals surface area contributed by atoms with Gasteiger partial charge in [-0.15, -0.1) is 0 Å². The van der Waals surface area contributed by atoms with E-state index in [1.54, 1.807) is 6.92 Å². The second-order valence-electron chi connectivity index (χ2n) is 6.94. The van der Waals surface area contributed by atoms with Crippen molar-refractivity contribution in [3.63, 3.8) is 0 Å². The topological polar surface area (TPSA) is 49.9 Å². The second kappa shape index (κ2) is 8.82. The van der Waals surface area contributed by atoms with Crippen LogP contribution in [0.4, 0.5) is 0 Å². The van der Waals surface area contributed by atoms with Crippen molar-refractivity contribution in [2.24, 2.45) is 0 Å². The maximum absolute atomic E-state index is 12.8. The normalized spacial score (nSPS) is 18.2. The molecule has 1 aliphatic rings. The number of benzene rings is 2.